The minimum absolute atomic E-state index is 0.0751. The SMILES string of the molecule is O=C(Cc1cn2ccsc2n1)NCC1(NC(=O)c2ccc3scnc3c2)CCCCC1. The molecular formula is C22H23N5O2S2. The lowest BCUT2D eigenvalue weighted by molar-refractivity contribution is -0.120. The van der Waals surface area contributed by atoms with E-state index in [1.807, 2.05) is 40.4 Å². The summed E-state index contributed by atoms with van der Waals surface area (Å²) in [6, 6.07) is 5.61. The molecule has 0 atom stereocenters. The van der Waals surface area contributed by atoms with Gasteiger partial charge in [0.15, 0.2) is 4.96 Å². The number of imidazole rings is 1. The van der Waals surface area contributed by atoms with Crippen molar-refractivity contribution in [1.82, 2.24) is 25.0 Å². The lowest BCUT2D eigenvalue weighted by Crippen LogP contribution is -2.56. The van der Waals surface area contributed by atoms with E-state index in [0.717, 1.165) is 53.0 Å². The third-order valence-corrected chi connectivity index (χ3v) is 7.47. The minimum atomic E-state index is -0.420. The van der Waals surface area contributed by atoms with Crippen molar-refractivity contribution in [1.29, 1.82) is 0 Å². The topological polar surface area (TPSA) is 88.4 Å². The Morgan fingerprint density at radius 2 is 2.03 bits per heavy atom. The lowest BCUT2D eigenvalue weighted by Gasteiger charge is -2.38. The number of benzene rings is 1. The summed E-state index contributed by atoms with van der Waals surface area (Å²) in [5, 5.41) is 8.26. The van der Waals surface area contributed by atoms with Crippen LogP contribution in [0, 0.1) is 0 Å². The zero-order valence-corrected chi connectivity index (χ0v) is 18.6. The molecule has 1 saturated carbocycles. The average molecular weight is 454 g/mol. The Morgan fingerprint density at radius 3 is 2.87 bits per heavy atom. The highest BCUT2D eigenvalue weighted by Gasteiger charge is 2.34. The lowest BCUT2D eigenvalue weighted by atomic mass is 9.81. The Morgan fingerprint density at radius 1 is 1.16 bits per heavy atom. The molecule has 0 bridgehead atoms. The maximum absolute atomic E-state index is 13.0. The first-order valence-electron chi connectivity index (χ1n) is 10.4. The summed E-state index contributed by atoms with van der Waals surface area (Å²) in [6.07, 6.45) is 9.01. The standard InChI is InChI=1S/C22H23N5O2S2/c28-19(11-16-12-27-8-9-30-21(27)25-16)23-13-22(6-2-1-3-7-22)26-20(29)15-4-5-18-17(10-15)24-14-31-18/h4-5,8-10,12,14H,1-3,6-7,11,13H2,(H,23,28)(H,26,29). The zero-order chi connectivity index (χ0) is 21.3. The molecule has 9 heteroatoms. The van der Waals surface area contributed by atoms with Crippen LogP contribution in [0.1, 0.15) is 48.2 Å². The quantitative estimate of drug-likeness (QED) is 0.465. The van der Waals surface area contributed by atoms with Gasteiger partial charge in [-0.15, -0.1) is 22.7 Å². The van der Waals surface area contributed by atoms with E-state index >= 15 is 0 Å². The molecule has 1 aromatic carbocycles. The Labute approximate surface area is 187 Å². The van der Waals surface area contributed by atoms with Crippen molar-refractivity contribution in [2.75, 3.05) is 6.54 Å². The van der Waals surface area contributed by atoms with Crippen molar-refractivity contribution >= 4 is 49.7 Å². The summed E-state index contributed by atoms with van der Waals surface area (Å²) in [4.78, 5) is 35.3. The van der Waals surface area contributed by atoms with E-state index in [4.69, 9.17) is 0 Å². The van der Waals surface area contributed by atoms with Crippen LogP contribution < -0.4 is 10.6 Å². The highest BCUT2D eigenvalue weighted by Crippen LogP contribution is 2.28. The molecule has 3 aromatic heterocycles. The smallest absolute Gasteiger partial charge is 0.251 e. The number of thiazole rings is 2. The van der Waals surface area contributed by atoms with Gasteiger partial charge in [0.2, 0.25) is 5.91 Å². The van der Waals surface area contributed by atoms with Gasteiger partial charge in [0.1, 0.15) is 0 Å². The number of hydrogen-bond acceptors (Lipinski definition) is 6. The van der Waals surface area contributed by atoms with Crippen molar-refractivity contribution in [3.8, 4) is 0 Å². The summed E-state index contributed by atoms with van der Waals surface area (Å²) in [6.45, 7) is 0.429. The van der Waals surface area contributed by atoms with E-state index in [-0.39, 0.29) is 18.2 Å². The Balaban J connectivity index is 1.25. The fourth-order valence-electron chi connectivity index (χ4n) is 4.24. The van der Waals surface area contributed by atoms with Crippen LogP contribution in [0.5, 0.6) is 0 Å². The van der Waals surface area contributed by atoms with E-state index in [0.29, 0.717) is 12.1 Å². The van der Waals surface area contributed by atoms with Gasteiger partial charge in [0.25, 0.3) is 5.91 Å². The normalized spacial score (nSPS) is 15.9. The fourth-order valence-corrected chi connectivity index (χ4v) is 5.62. The molecule has 0 radical (unpaired) electrons. The number of aromatic nitrogens is 3. The maximum atomic E-state index is 13.0. The molecule has 5 rings (SSSR count). The first kappa shape index (κ1) is 20.1. The number of rotatable bonds is 6. The highest BCUT2D eigenvalue weighted by atomic mass is 32.1. The van der Waals surface area contributed by atoms with Gasteiger partial charge in [0.05, 0.1) is 33.4 Å². The van der Waals surface area contributed by atoms with Crippen LogP contribution in [0.3, 0.4) is 0 Å². The Hall–Kier alpha value is -2.78. The molecule has 3 heterocycles. The molecular weight excluding hydrogens is 430 g/mol. The molecule has 0 spiro atoms. The molecule has 0 unspecified atom stereocenters. The maximum Gasteiger partial charge on any atom is 0.251 e. The third-order valence-electron chi connectivity index (χ3n) is 5.89. The van der Waals surface area contributed by atoms with Crippen molar-refractivity contribution in [2.45, 2.75) is 44.1 Å². The summed E-state index contributed by atoms with van der Waals surface area (Å²) in [5.74, 6) is -0.186. The van der Waals surface area contributed by atoms with Gasteiger partial charge >= 0.3 is 0 Å². The summed E-state index contributed by atoms with van der Waals surface area (Å²) >= 11 is 3.11. The van der Waals surface area contributed by atoms with Gasteiger partial charge in [-0.05, 0) is 31.0 Å². The molecule has 4 aromatic rings. The molecule has 1 aliphatic rings. The van der Waals surface area contributed by atoms with Crippen molar-refractivity contribution in [3.05, 3.63) is 52.7 Å². The minimum Gasteiger partial charge on any atom is -0.353 e. The highest BCUT2D eigenvalue weighted by molar-refractivity contribution is 7.16. The summed E-state index contributed by atoms with van der Waals surface area (Å²) in [5.41, 5.74) is 3.56. The van der Waals surface area contributed by atoms with Gasteiger partial charge in [-0.1, -0.05) is 19.3 Å². The molecule has 160 valence electrons. The second kappa shape index (κ2) is 8.39. The van der Waals surface area contributed by atoms with Crippen molar-refractivity contribution in [3.63, 3.8) is 0 Å². The second-order valence-electron chi connectivity index (χ2n) is 8.11. The second-order valence-corrected chi connectivity index (χ2v) is 9.87. The van der Waals surface area contributed by atoms with Crippen LogP contribution >= 0.6 is 22.7 Å². The number of hydrogen-bond donors (Lipinski definition) is 2. The molecule has 2 N–H and O–H groups in total. The molecule has 1 aliphatic carbocycles. The van der Waals surface area contributed by atoms with E-state index in [1.54, 1.807) is 28.2 Å². The van der Waals surface area contributed by atoms with Crippen LogP contribution in [0.2, 0.25) is 0 Å². The van der Waals surface area contributed by atoms with Crippen molar-refractivity contribution < 1.29 is 9.59 Å². The predicted octanol–water partition coefficient (Wildman–Crippen LogP) is 3.80. The van der Waals surface area contributed by atoms with Gasteiger partial charge < -0.3 is 10.6 Å². The molecule has 2 amide bonds. The Bertz CT molecular complexity index is 1210. The van der Waals surface area contributed by atoms with Crippen LogP contribution in [0.15, 0.2) is 41.5 Å². The summed E-state index contributed by atoms with van der Waals surface area (Å²) < 4.78 is 2.99. The van der Waals surface area contributed by atoms with E-state index in [9.17, 15) is 9.59 Å². The van der Waals surface area contributed by atoms with Crippen LogP contribution in [-0.2, 0) is 11.2 Å². The molecule has 31 heavy (non-hydrogen) atoms. The molecule has 0 saturated heterocycles. The predicted molar refractivity (Wildman–Crippen MR) is 123 cm³/mol. The number of fused-ring (bicyclic) bond motifs is 2. The fraction of sp³-hybridized carbons (Fsp3) is 0.364. The van der Waals surface area contributed by atoms with Gasteiger partial charge in [0, 0.05) is 29.9 Å². The largest absolute Gasteiger partial charge is 0.353 e. The van der Waals surface area contributed by atoms with Crippen LogP contribution in [0.25, 0.3) is 15.2 Å². The number of nitrogens with zero attached hydrogens (tertiary/aromatic N) is 3. The molecule has 7 nitrogen and oxygen atoms in total. The average Bonchev–Trinajstić information content (AvgIpc) is 3.49. The number of amides is 2. The van der Waals surface area contributed by atoms with Crippen LogP contribution in [-0.4, -0.2) is 38.3 Å². The van der Waals surface area contributed by atoms with E-state index in [1.165, 1.54) is 0 Å². The number of carbonyl (C=O) groups is 2. The number of carbonyl (C=O) groups excluding carboxylic acids is 2. The van der Waals surface area contributed by atoms with E-state index < -0.39 is 5.54 Å². The summed E-state index contributed by atoms with van der Waals surface area (Å²) in [7, 11) is 0. The van der Waals surface area contributed by atoms with E-state index in [2.05, 4.69) is 20.6 Å². The first-order chi connectivity index (χ1) is 15.1. The van der Waals surface area contributed by atoms with Crippen molar-refractivity contribution in [2.24, 2.45) is 0 Å². The molecule has 0 aliphatic heterocycles. The third kappa shape index (κ3) is 4.33. The zero-order valence-electron chi connectivity index (χ0n) is 17.0. The first-order valence-corrected chi connectivity index (χ1v) is 12.2. The van der Waals surface area contributed by atoms with Gasteiger partial charge in [-0.2, -0.15) is 0 Å². The monoisotopic (exact) mass is 453 g/mol. The number of nitrogens with one attached hydrogen (secondary N) is 2. The van der Waals surface area contributed by atoms with Crippen LogP contribution in [0.4, 0.5) is 0 Å². The Kier molecular flexibility index (Phi) is 5.45. The molecule has 1 fully saturated rings. The van der Waals surface area contributed by atoms with Gasteiger partial charge in [-0.3, -0.25) is 14.0 Å². The van der Waals surface area contributed by atoms with Gasteiger partial charge in [-0.25, -0.2) is 9.97 Å².